The van der Waals surface area contributed by atoms with E-state index >= 15 is 0 Å². The Labute approximate surface area is 119 Å². The number of hydrogen-bond donors (Lipinski definition) is 3. The van der Waals surface area contributed by atoms with Gasteiger partial charge >= 0.3 is 0 Å². The van der Waals surface area contributed by atoms with Gasteiger partial charge in [-0.3, -0.25) is 19.6 Å². The minimum Gasteiger partial charge on any atom is -0.394 e. The summed E-state index contributed by atoms with van der Waals surface area (Å²) in [5.41, 5.74) is 0.374. The van der Waals surface area contributed by atoms with Crippen molar-refractivity contribution in [2.45, 2.75) is 6.04 Å². The Kier molecular flexibility index (Phi) is 5.08. The van der Waals surface area contributed by atoms with Gasteiger partial charge in [-0.2, -0.15) is 0 Å². The van der Waals surface area contributed by atoms with Crippen molar-refractivity contribution in [3.05, 3.63) is 30.1 Å². The monoisotopic (exact) mass is 294 g/mol. The van der Waals surface area contributed by atoms with E-state index in [4.69, 9.17) is 0 Å². The molecule has 1 atom stereocenters. The second kappa shape index (κ2) is 7.01. The number of carbonyl (C=O) groups is 2. The van der Waals surface area contributed by atoms with Crippen molar-refractivity contribution in [3.8, 4) is 0 Å². The molecule has 0 saturated heterocycles. The molecule has 3 N–H and O–H groups in total. The van der Waals surface area contributed by atoms with Gasteiger partial charge in [0.25, 0.3) is 11.8 Å². The normalized spacial score (nSPS) is 15.3. The highest BCUT2D eigenvalue weighted by atomic mass is 32.2. The highest BCUT2D eigenvalue weighted by Gasteiger charge is 2.22. The van der Waals surface area contributed by atoms with Crippen LogP contribution in [0.15, 0.2) is 29.5 Å². The van der Waals surface area contributed by atoms with Crippen LogP contribution in [-0.4, -0.2) is 52.0 Å². The van der Waals surface area contributed by atoms with Crippen LogP contribution in [0.5, 0.6) is 0 Å². The van der Waals surface area contributed by atoms with Gasteiger partial charge in [0.15, 0.2) is 5.17 Å². The van der Waals surface area contributed by atoms with Crippen LogP contribution in [0.2, 0.25) is 0 Å². The van der Waals surface area contributed by atoms with Crippen LogP contribution in [-0.2, 0) is 4.79 Å². The molecule has 8 heteroatoms. The number of thioether (sulfide) groups is 1. The smallest absolute Gasteiger partial charge is 0.252 e. The Morgan fingerprint density at radius 2 is 2.15 bits per heavy atom. The van der Waals surface area contributed by atoms with Crippen LogP contribution in [0, 0.1) is 0 Å². The Morgan fingerprint density at radius 1 is 1.40 bits per heavy atom. The fourth-order valence-electron chi connectivity index (χ4n) is 1.54. The molecular formula is C12H14N4O3S. The summed E-state index contributed by atoms with van der Waals surface area (Å²) in [6.45, 7) is 0.175. The van der Waals surface area contributed by atoms with E-state index in [9.17, 15) is 14.7 Å². The fourth-order valence-corrected chi connectivity index (χ4v) is 2.27. The third-order valence-electron chi connectivity index (χ3n) is 2.56. The molecule has 0 aromatic carbocycles. The Balaban J connectivity index is 1.94. The molecule has 20 heavy (non-hydrogen) atoms. The lowest BCUT2D eigenvalue weighted by atomic mass is 10.2. The lowest BCUT2D eigenvalue weighted by Crippen LogP contribution is -2.49. The van der Waals surface area contributed by atoms with Crippen molar-refractivity contribution in [2.75, 3.05) is 18.9 Å². The predicted octanol–water partition coefficient (Wildman–Crippen LogP) is -0.609. The summed E-state index contributed by atoms with van der Waals surface area (Å²) in [5, 5.41) is 14.8. The van der Waals surface area contributed by atoms with Crippen LogP contribution in [0.1, 0.15) is 10.4 Å². The van der Waals surface area contributed by atoms with E-state index in [0.29, 0.717) is 17.3 Å². The number of amides is 2. The standard InChI is InChI=1S/C12H14N4O3S/c17-7-9(11(19)16-12-14-5-6-20-12)15-10(18)8-1-3-13-4-2-8/h1-4,9,17H,5-7H2,(H,15,18)(H,14,16,19)/t9-/m0/s1. The van der Waals surface area contributed by atoms with E-state index in [1.807, 2.05) is 0 Å². The first kappa shape index (κ1) is 14.5. The first-order valence-electron chi connectivity index (χ1n) is 6.00. The highest BCUT2D eigenvalue weighted by Crippen LogP contribution is 2.09. The van der Waals surface area contributed by atoms with Crippen LogP contribution in [0.4, 0.5) is 0 Å². The number of carbonyl (C=O) groups excluding carboxylic acids is 2. The number of nitrogens with one attached hydrogen (secondary N) is 2. The Morgan fingerprint density at radius 3 is 2.75 bits per heavy atom. The molecule has 0 bridgehead atoms. The van der Waals surface area contributed by atoms with E-state index in [2.05, 4.69) is 20.6 Å². The van der Waals surface area contributed by atoms with Crippen LogP contribution >= 0.6 is 11.8 Å². The van der Waals surface area contributed by atoms with E-state index in [1.165, 1.54) is 36.3 Å². The molecule has 0 fully saturated rings. The maximum atomic E-state index is 11.9. The molecule has 0 radical (unpaired) electrons. The van der Waals surface area contributed by atoms with E-state index in [-0.39, 0.29) is 0 Å². The summed E-state index contributed by atoms with van der Waals surface area (Å²) in [5.74, 6) is -0.103. The van der Waals surface area contributed by atoms with E-state index in [1.54, 1.807) is 0 Å². The topological polar surface area (TPSA) is 104 Å². The zero-order valence-corrected chi connectivity index (χ0v) is 11.4. The molecule has 2 amide bonds. The summed E-state index contributed by atoms with van der Waals surface area (Å²) in [4.78, 5) is 31.7. The molecule has 1 aliphatic rings. The van der Waals surface area contributed by atoms with Crippen LogP contribution in [0.25, 0.3) is 0 Å². The molecule has 2 rings (SSSR count). The lowest BCUT2D eigenvalue weighted by Gasteiger charge is -2.15. The first-order chi connectivity index (χ1) is 9.70. The molecule has 106 valence electrons. The lowest BCUT2D eigenvalue weighted by molar-refractivity contribution is -0.122. The number of aliphatic hydroxyl groups excluding tert-OH is 1. The summed E-state index contributed by atoms with van der Waals surface area (Å²) in [7, 11) is 0. The molecule has 0 aliphatic carbocycles. The maximum Gasteiger partial charge on any atom is 0.252 e. The molecule has 0 saturated carbocycles. The average molecular weight is 294 g/mol. The Bertz CT molecular complexity index is 521. The molecule has 2 heterocycles. The van der Waals surface area contributed by atoms with Crippen molar-refractivity contribution >= 4 is 28.7 Å². The third kappa shape index (κ3) is 3.78. The Hall–Kier alpha value is -1.93. The molecule has 0 spiro atoms. The van der Waals surface area contributed by atoms with Gasteiger partial charge in [0.2, 0.25) is 0 Å². The van der Waals surface area contributed by atoms with Crippen LogP contribution < -0.4 is 10.6 Å². The third-order valence-corrected chi connectivity index (χ3v) is 3.45. The molecule has 7 nitrogen and oxygen atoms in total. The summed E-state index contributed by atoms with van der Waals surface area (Å²) in [6, 6.07) is 2.04. The van der Waals surface area contributed by atoms with Gasteiger partial charge in [0, 0.05) is 23.7 Å². The van der Waals surface area contributed by atoms with Crippen molar-refractivity contribution in [3.63, 3.8) is 0 Å². The molecule has 1 aromatic heterocycles. The highest BCUT2D eigenvalue weighted by molar-refractivity contribution is 8.14. The van der Waals surface area contributed by atoms with Crippen molar-refractivity contribution < 1.29 is 14.7 Å². The maximum absolute atomic E-state index is 11.9. The van der Waals surface area contributed by atoms with Gasteiger partial charge in [-0.05, 0) is 12.1 Å². The van der Waals surface area contributed by atoms with Crippen molar-refractivity contribution in [1.29, 1.82) is 0 Å². The summed E-state index contributed by atoms with van der Waals surface area (Å²) < 4.78 is 0. The number of pyridine rings is 1. The van der Waals surface area contributed by atoms with Gasteiger partial charge < -0.3 is 15.7 Å². The number of nitrogens with zero attached hydrogens (tertiary/aromatic N) is 2. The van der Waals surface area contributed by atoms with E-state index < -0.39 is 24.5 Å². The molecule has 1 aromatic rings. The summed E-state index contributed by atoms with van der Waals surface area (Å²) >= 11 is 1.43. The minimum atomic E-state index is -1.01. The average Bonchev–Trinajstić information content (AvgIpc) is 2.98. The van der Waals surface area contributed by atoms with Gasteiger partial charge in [-0.25, -0.2) is 0 Å². The zero-order valence-electron chi connectivity index (χ0n) is 10.6. The second-order valence-corrected chi connectivity index (χ2v) is 5.05. The second-order valence-electron chi connectivity index (χ2n) is 3.97. The summed E-state index contributed by atoms with van der Waals surface area (Å²) in [6.07, 6.45) is 2.96. The fraction of sp³-hybridized carbons (Fsp3) is 0.333. The number of aliphatic imine (C=N–C) groups is 1. The zero-order chi connectivity index (χ0) is 14.4. The van der Waals surface area contributed by atoms with Crippen molar-refractivity contribution in [2.24, 2.45) is 4.99 Å². The van der Waals surface area contributed by atoms with Gasteiger partial charge in [-0.15, -0.1) is 0 Å². The largest absolute Gasteiger partial charge is 0.394 e. The predicted molar refractivity (Wildman–Crippen MR) is 75.5 cm³/mol. The van der Waals surface area contributed by atoms with Crippen LogP contribution in [0.3, 0.4) is 0 Å². The SMILES string of the molecule is O=C(N[C@@H](CO)C(=O)NC1=NCCS1)c1ccncc1. The molecule has 1 aliphatic heterocycles. The number of rotatable bonds is 4. The van der Waals surface area contributed by atoms with Crippen molar-refractivity contribution in [1.82, 2.24) is 15.6 Å². The molecular weight excluding hydrogens is 280 g/mol. The number of aliphatic hydroxyl groups is 1. The minimum absolute atomic E-state index is 0.374. The van der Waals surface area contributed by atoms with Gasteiger partial charge in [0.1, 0.15) is 6.04 Å². The first-order valence-corrected chi connectivity index (χ1v) is 6.99. The number of aromatic nitrogens is 1. The molecule has 0 unspecified atom stereocenters. The quantitative estimate of drug-likeness (QED) is 0.687. The number of hydrogen-bond acceptors (Lipinski definition) is 6. The van der Waals surface area contributed by atoms with E-state index in [0.717, 1.165) is 5.75 Å². The van der Waals surface area contributed by atoms with Gasteiger partial charge in [-0.1, -0.05) is 11.8 Å². The number of amidine groups is 1. The van der Waals surface area contributed by atoms with Gasteiger partial charge in [0.05, 0.1) is 13.2 Å².